The molecule has 6 nitrogen and oxygen atoms in total. The molecular formula is C25H19ClN2O4S. The van der Waals surface area contributed by atoms with Crippen molar-refractivity contribution in [3.05, 3.63) is 110 Å². The van der Waals surface area contributed by atoms with E-state index < -0.39 is 0 Å². The molecule has 166 valence electrons. The molecule has 0 aliphatic rings. The Kier molecular flexibility index (Phi) is 6.72. The molecule has 4 rings (SSSR count). The zero-order valence-corrected chi connectivity index (χ0v) is 19.2. The highest BCUT2D eigenvalue weighted by molar-refractivity contribution is 7.07. The second-order valence-corrected chi connectivity index (χ2v) is 8.50. The van der Waals surface area contributed by atoms with Crippen LogP contribution in [0.1, 0.15) is 21.6 Å². The van der Waals surface area contributed by atoms with Crippen LogP contribution >= 0.6 is 22.9 Å². The van der Waals surface area contributed by atoms with Gasteiger partial charge in [0.15, 0.2) is 11.5 Å². The lowest BCUT2D eigenvalue weighted by Crippen LogP contribution is -2.25. The smallest absolute Gasteiger partial charge is 0.307 e. The van der Waals surface area contributed by atoms with Crippen LogP contribution in [-0.4, -0.2) is 16.3 Å². The standard InChI is InChI=1S/C25H19ClN2O4S/c1-16-15-33-25(31)28(16)14-23(29)27-21-13-19(26)9-12-22(21)32-20-10-7-18(8-11-20)24(30)17-5-3-2-4-6-17/h2-13,15H,14H2,1H3,(H,27,29). The van der Waals surface area contributed by atoms with Crippen LogP contribution in [0.5, 0.6) is 11.5 Å². The topological polar surface area (TPSA) is 77.4 Å². The predicted octanol–water partition coefficient (Wildman–Crippen LogP) is 5.53. The molecule has 0 spiro atoms. The molecule has 8 heteroatoms. The van der Waals surface area contributed by atoms with Crippen molar-refractivity contribution in [2.45, 2.75) is 13.5 Å². The first-order chi connectivity index (χ1) is 15.9. The number of ether oxygens (including phenoxy) is 1. The quantitative estimate of drug-likeness (QED) is 0.354. The lowest BCUT2D eigenvalue weighted by Gasteiger charge is -2.13. The Morgan fingerprint density at radius 2 is 1.70 bits per heavy atom. The number of thiazole rings is 1. The molecule has 0 saturated carbocycles. The van der Waals surface area contributed by atoms with Crippen LogP contribution in [-0.2, 0) is 11.3 Å². The molecule has 4 aromatic rings. The Bertz CT molecular complexity index is 1360. The number of nitrogens with one attached hydrogen (secondary N) is 1. The molecule has 3 aromatic carbocycles. The monoisotopic (exact) mass is 478 g/mol. The average Bonchev–Trinajstić information content (AvgIpc) is 3.13. The Morgan fingerprint density at radius 1 is 1.00 bits per heavy atom. The molecule has 0 radical (unpaired) electrons. The van der Waals surface area contributed by atoms with Crippen LogP contribution in [0.2, 0.25) is 5.02 Å². The summed E-state index contributed by atoms with van der Waals surface area (Å²) < 4.78 is 7.33. The predicted molar refractivity (Wildman–Crippen MR) is 130 cm³/mol. The lowest BCUT2D eigenvalue weighted by molar-refractivity contribution is -0.116. The van der Waals surface area contributed by atoms with Gasteiger partial charge in [-0.25, -0.2) is 0 Å². The van der Waals surface area contributed by atoms with Gasteiger partial charge in [-0.15, -0.1) is 0 Å². The largest absolute Gasteiger partial charge is 0.455 e. The van der Waals surface area contributed by atoms with Gasteiger partial charge in [0.2, 0.25) is 5.91 Å². The first-order valence-corrected chi connectivity index (χ1v) is 11.3. The van der Waals surface area contributed by atoms with E-state index in [1.54, 1.807) is 66.9 Å². The number of rotatable bonds is 7. The third-order valence-corrected chi connectivity index (χ3v) is 5.99. The van der Waals surface area contributed by atoms with E-state index in [2.05, 4.69) is 5.32 Å². The molecule has 0 fully saturated rings. The average molecular weight is 479 g/mol. The summed E-state index contributed by atoms with van der Waals surface area (Å²) in [5.74, 6) is 0.404. The second-order valence-electron chi connectivity index (χ2n) is 7.24. The number of nitrogens with zero attached hydrogens (tertiary/aromatic N) is 1. The van der Waals surface area contributed by atoms with E-state index in [1.807, 2.05) is 18.2 Å². The Hall–Kier alpha value is -3.68. The van der Waals surface area contributed by atoms with Gasteiger partial charge in [-0.2, -0.15) is 0 Å². The number of amides is 1. The normalized spacial score (nSPS) is 10.6. The van der Waals surface area contributed by atoms with Gasteiger partial charge in [-0.1, -0.05) is 53.3 Å². The molecule has 1 amide bonds. The fourth-order valence-corrected chi connectivity index (χ4v) is 4.08. The number of carbonyl (C=O) groups excluding carboxylic acids is 2. The molecule has 1 aromatic heterocycles. The maximum Gasteiger partial charge on any atom is 0.307 e. The summed E-state index contributed by atoms with van der Waals surface area (Å²) in [7, 11) is 0. The number of aromatic nitrogens is 1. The number of aryl methyl sites for hydroxylation is 1. The summed E-state index contributed by atoms with van der Waals surface area (Å²) >= 11 is 7.16. The van der Waals surface area contributed by atoms with Crippen molar-refractivity contribution < 1.29 is 14.3 Å². The third kappa shape index (κ3) is 5.39. The molecule has 0 aliphatic heterocycles. The molecule has 33 heavy (non-hydrogen) atoms. The minimum absolute atomic E-state index is 0.0828. The minimum atomic E-state index is -0.380. The van der Waals surface area contributed by atoms with E-state index in [9.17, 15) is 14.4 Å². The van der Waals surface area contributed by atoms with Crippen molar-refractivity contribution in [1.82, 2.24) is 4.57 Å². The highest BCUT2D eigenvalue weighted by Crippen LogP contribution is 2.32. The van der Waals surface area contributed by atoms with Gasteiger partial charge < -0.3 is 10.1 Å². The number of hydrogen-bond acceptors (Lipinski definition) is 5. The Morgan fingerprint density at radius 3 is 2.36 bits per heavy atom. The van der Waals surface area contributed by atoms with Gasteiger partial charge in [0.05, 0.1) is 5.69 Å². The lowest BCUT2D eigenvalue weighted by atomic mass is 10.0. The fourth-order valence-electron chi connectivity index (χ4n) is 3.18. The van der Waals surface area contributed by atoms with Crippen molar-refractivity contribution in [2.24, 2.45) is 0 Å². The summed E-state index contributed by atoms with van der Waals surface area (Å²) in [6.07, 6.45) is 0. The maximum absolute atomic E-state index is 12.6. The number of anilines is 1. The highest BCUT2D eigenvalue weighted by Gasteiger charge is 2.14. The molecule has 0 atom stereocenters. The van der Waals surface area contributed by atoms with E-state index in [0.717, 1.165) is 11.3 Å². The molecule has 1 N–H and O–H groups in total. The first-order valence-electron chi connectivity index (χ1n) is 10.0. The molecule has 0 aliphatic carbocycles. The maximum atomic E-state index is 12.6. The van der Waals surface area contributed by atoms with Gasteiger partial charge in [0.25, 0.3) is 0 Å². The Labute approximate surface area is 199 Å². The third-order valence-electron chi connectivity index (χ3n) is 4.87. The summed E-state index contributed by atoms with van der Waals surface area (Å²) in [6, 6.07) is 20.6. The van der Waals surface area contributed by atoms with Gasteiger partial charge in [0.1, 0.15) is 12.3 Å². The summed E-state index contributed by atoms with van der Waals surface area (Å²) in [6.45, 7) is 1.65. The van der Waals surface area contributed by atoms with Crippen molar-refractivity contribution in [3.8, 4) is 11.5 Å². The van der Waals surface area contributed by atoms with E-state index in [4.69, 9.17) is 16.3 Å². The van der Waals surface area contributed by atoms with E-state index in [0.29, 0.717) is 39.0 Å². The van der Waals surface area contributed by atoms with Gasteiger partial charge in [-0.3, -0.25) is 19.0 Å². The molecule has 0 saturated heterocycles. The molecule has 0 bridgehead atoms. The van der Waals surface area contributed by atoms with E-state index in [1.165, 1.54) is 4.57 Å². The zero-order valence-electron chi connectivity index (χ0n) is 17.6. The Balaban J connectivity index is 1.50. The van der Waals surface area contributed by atoms with Crippen molar-refractivity contribution in [2.75, 3.05) is 5.32 Å². The van der Waals surface area contributed by atoms with Crippen LogP contribution in [0, 0.1) is 6.92 Å². The molecular weight excluding hydrogens is 460 g/mol. The number of hydrogen-bond donors (Lipinski definition) is 1. The van der Waals surface area contributed by atoms with Crippen LogP contribution in [0.3, 0.4) is 0 Å². The highest BCUT2D eigenvalue weighted by atomic mass is 35.5. The number of halogens is 1. The minimum Gasteiger partial charge on any atom is -0.455 e. The van der Waals surface area contributed by atoms with Gasteiger partial charge >= 0.3 is 4.87 Å². The van der Waals surface area contributed by atoms with Crippen molar-refractivity contribution in [3.63, 3.8) is 0 Å². The van der Waals surface area contributed by atoms with Crippen molar-refractivity contribution in [1.29, 1.82) is 0 Å². The van der Waals surface area contributed by atoms with Gasteiger partial charge in [0, 0.05) is 27.2 Å². The van der Waals surface area contributed by atoms with Crippen molar-refractivity contribution >= 4 is 40.3 Å². The molecule has 1 heterocycles. The fraction of sp³-hybridized carbons (Fsp3) is 0.0800. The van der Waals surface area contributed by atoms with Crippen LogP contribution in [0.4, 0.5) is 5.69 Å². The van der Waals surface area contributed by atoms with E-state index in [-0.39, 0.29) is 23.1 Å². The number of benzene rings is 3. The first kappa shape index (κ1) is 22.5. The second kappa shape index (κ2) is 9.85. The van der Waals surface area contributed by atoms with Crippen LogP contribution < -0.4 is 14.9 Å². The number of ketones is 1. The van der Waals surface area contributed by atoms with Gasteiger partial charge in [-0.05, 0) is 49.4 Å². The van der Waals surface area contributed by atoms with Crippen LogP contribution in [0.25, 0.3) is 0 Å². The summed E-state index contributed by atoms with van der Waals surface area (Å²) in [5, 5.41) is 4.88. The summed E-state index contributed by atoms with van der Waals surface area (Å²) in [4.78, 5) is 36.8. The SMILES string of the molecule is Cc1csc(=O)n1CC(=O)Nc1cc(Cl)ccc1Oc1ccc(C(=O)c2ccccc2)cc1. The summed E-state index contributed by atoms with van der Waals surface area (Å²) in [5.41, 5.74) is 2.23. The van der Waals surface area contributed by atoms with E-state index >= 15 is 0 Å². The zero-order chi connectivity index (χ0) is 23.4. The number of carbonyl (C=O) groups is 2. The molecule has 0 unspecified atom stereocenters. The van der Waals surface area contributed by atoms with Crippen LogP contribution in [0.15, 0.2) is 83.0 Å².